The summed E-state index contributed by atoms with van der Waals surface area (Å²) in [5, 5.41) is 0. The third kappa shape index (κ3) is 3.07. The third-order valence-electron chi connectivity index (χ3n) is 5.98. The van der Waals surface area contributed by atoms with E-state index in [4.69, 9.17) is 14.2 Å². The molecule has 0 aliphatic heterocycles. The van der Waals surface area contributed by atoms with E-state index in [1.165, 1.54) is 21.3 Å². The van der Waals surface area contributed by atoms with Crippen LogP contribution in [0.4, 0.5) is 0 Å². The van der Waals surface area contributed by atoms with Crippen molar-refractivity contribution >= 4 is 17.5 Å². The lowest BCUT2D eigenvalue weighted by molar-refractivity contribution is -0.143. The Morgan fingerprint density at radius 1 is 0.750 bits per heavy atom. The lowest BCUT2D eigenvalue weighted by Gasteiger charge is -2.34. The van der Waals surface area contributed by atoms with E-state index in [9.17, 15) is 14.4 Å². The van der Waals surface area contributed by atoms with Crippen LogP contribution in [-0.2, 0) is 14.9 Å². The van der Waals surface area contributed by atoms with Crippen molar-refractivity contribution in [2.45, 2.75) is 11.3 Å². The van der Waals surface area contributed by atoms with Gasteiger partial charge in [0.25, 0.3) is 0 Å². The molecule has 6 nitrogen and oxygen atoms in total. The summed E-state index contributed by atoms with van der Waals surface area (Å²) in [6.07, 6.45) is 0. The van der Waals surface area contributed by atoms with E-state index in [0.717, 1.165) is 0 Å². The van der Waals surface area contributed by atoms with E-state index < -0.39 is 28.9 Å². The van der Waals surface area contributed by atoms with E-state index in [2.05, 4.69) is 0 Å². The molecule has 0 radical (unpaired) electrons. The first-order chi connectivity index (χ1) is 15.5. The second-order valence-corrected chi connectivity index (χ2v) is 7.47. The van der Waals surface area contributed by atoms with Gasteiger partial charge in [0.1, 0.15) is 22.8 Å². The Bertz CT molecular complexity index is 1160. The van der Waals surface area contributed by atoms with Gasteiger partial charge >= 0.3 is 5.97 Å². The summed E-state index contributed by atoms with van der Waals surface area (Å²) in [6.45, 7) is 0. The van der Waals surface area contributed by atoms with Crippen molar-refractivity contribution in [2.75, 3.05) is 21.3 Å². The number of esters is 1. The van der Waals surface area contributed by atoms with Gasteiger partial charge in [-0.3, -0.25) is 14.4 Å². The molecule has 0 fully saturated rings. The van der Waals surface area contributed by atoms with E-state index in [0.29, 0.717) is 22.6 Å². The fourth-order valence-electron chi connectivity index (χ4n) is 4.45. The molecule has 0 bridgehead atoms. The number of benzene rings is 3. The van der Waals surface area contributed by atoms with Gasteiger partial charge in [0, 0.05) is 11.1 Å². The van der Waals surface area contributed by atoms with Crippen molar-refractivity contribution in [3.05, 3.63) is 95.1 Å². The van der Waals surface area contributed by atoms with Crippen LogP contribution in [0.2, 0.25) is 0 Å². The van der Waals surface area contributed by atoms with Gasteiger partial charge in [-0.2, -0.15) is 0 Å². The zero-order valence-electron chi connectivity index (χ0n) is 18.0. The number of methoxy groups -OCH3 is 3. The maximum atomic E-state index is 14.0. The highest BCUT2D eigenvalue weighted by atomic mass is 16.5. The summed E-state index contributed by atoms with van der Waals surface area (Å²) >= 11 is 0. The molecule has 1 unspecified atom stereocenters. The summed E-state index contributed by atoms with van der Waals surface area (Å²) < 4.78 is 15.7. The fraction of sp³-hybridized carbons (Fsp3) is 0.192. The zero-order chi connectivity index (χ0) is 22.9. The predicted octanol–water partition coefficient (Wildman–Crippen LogP) is 3.98. The molecular formula is C26H22O6. The van der Waals surface area contributed by atoms with Crippen molar-refractivity contribution in [1.29, 1.82) is 0 Å². The molecule has 0 spiro atoms. The number of carbonyl (C=O) groups is 3. The van der Waals surface area contributed by atoms with Crippen LogP contribution in [-0.4, -0.2) is 38.9 Å². The lowest BCUT2D eigenvalue weighted by atomic mass is 9.64. The normalized spacial score (nSPS) is 15.1. The average Bonchev–Trinajstić information content (AvgIpc) is 3.07. The van der Waals surface area contributed by atoms with Gasteiger partial charge in [-0.05, 0) is 35.4 Å². The van der Waals surface area contributed by atoms with Gasteiger partial charge in [-0.25, -0.2) is 0 Å². The summed E-state index contributed by atoms with van der Waals surface area (Å²) in [5.41, 5.74) is -0.422. The van der Waals surface area contributed by atoms with Crippen molar-refractivity contribution in [2.24, 2.45) is 0 Å². The van der Waals surface area contributed by atoms with Crippen molar-refractivity contribution < 1.29 is 28.6 Å². The largest absolute Gasteiger partial charge is 0.497 e. The molecule has 3 aromatic rings. The topological polar surface area (TPSA) is 78.9 Å². The predicted molar refractivity (Wildman–Crippen MR) is 118 cm³/mol. The highest BCUT2D eigenvalue weighted by molar-refractivity contribution is 6.35. The Hall–Kier alpha value is -3.93. The van der Waals surface area contributed by atoms with Crippen LogP contribution < -0.4 is 9.47 Å². The number of hydrogen-bond donors (Lipinski definition) is 0. The molecule has 1 aliphatic carbocycles. The minimum Gasteiger partial charge on any atom is -0.497 e. The first kappa shape index (κ1) is 21.3. The molecule has 0 heterocycles. The number of ketones is 2. The quantitative estimate of drug-likeness (QED) is 0.435. The number of fused-ring (bicyclic) bond motifs is 1. The van der Waals surface area contributed by atoms with E-state index >= 15 is 0 Å². The SMILES string of the molecule is COC(=O)C(c1cccc(OC)c1)C1(c2ccc(OC)cc2)C(=O)c2ccccc2C1=O. The van der Waals surface area contributed by atoms with Gasteiger partial charge in [-0.1, -0.05) is 48.5 Å². The molecule has 6 heteroatoms. The van der Waals surface area contributed by atoms with Crippen molar-refractivity contribution in [1.82, 2.24) is 0 Å². The van der Waals surface area contributed by atoms with Crippen molar-refractivity contribution in [3.63, 3.8) is 0 Å². The summed E-state index contributed by atoms with van der Waals surface area (Å²) in [5.74, 6) is -1.73. The van der Waals surface area contributed by atoms with Crippen LogP contribution in [0.5, 0.6) is 11.5 Å². The van der Waals surface area contributed by atoms with Crippen LogP contribution in [0.1, 0.15) is 37.8 Å². The lowest BCUT2D eigenvalue weighted by Crippen LogP contribution is -2.47. The monoisotopic (exact) mass is 430 g/mol. The van der Waals surface area contributed by atoms with Crippen LogP contribution in [0.25, 0.3) is 0 Å². The Kier molecular flexibility index (Phi) is 5.53. The van der Waals surface area contributed by atoms with Crippen LogP contribution in [0, 0.1) is 0 Å². The molecule has 3 aromatic carbocycles. The van der Waals surface area contributed by atoms with E-state index in [-0.39, 0.29) is 11.1 Å². The Balaban J connectivity index is 2.05. The van der Waals surface area contributed by atoms with Gasteiger partial charge < -0.3 is 14.2 Å². The molecule has 4 rings (SSSR count). The van der Waals surface area contributed by atoms with Crippen LogP contribution in [0.3, 0.4) is 0 Å². The molecule has 0 amide bonds. The molecular weight excluding hydrogens is 408 g/mol. The van der Waals surface area contributed by atoms with Crippen LogP contribution >= 0.6 is 0 Å². The molecule has 1 atom stereocenters. The summed E-state index contributed by atoms with van der Waals surface area (Å²) in [7, 11) is 4.28. The zero-order valence-corrected chi connectivity index (χ0v) is 18.0. The number of Topliss-reactive ketones (excluding diaryl/α,β-unsaturated/α-hetero) is 2. The molecule has 162 valence electrons. The summed E-state index contributed by atoms with van der Waals surface area (Å²) in [4.78, 5) is 41.2. The molecule has 32 heavy (non-hydrogen) atoms. The first-order valence-electron chi connectivity index (χ1n) is 10.0. The number of hydrogen-bond acceptors (Lipinski definition) is 6. The Morgan fingerprint density at radius 2 is 1.34 bits per heavy atom. The molecule has 0 saturated heterocycles. The van der Waals surface area contributed by atoms with E-state index in [1.54, 1.807) is 72.8 Å². The Morgan fingerprint density at radius 3 is 1.88 bits per heavy atom. The molecule has 0 N–H and O–H groups in total. The number of rotatable bonds is 6. The minimum atomic E-state index is -1.82. The average molecular weight is 430 g/mol. The van der Waals surface area contributed by atoms with Gasteiger partial charge in [0.15, 0.2) is 11.6 Å². The maximum Gasteiger partial charge on any atom is 0.315 e. The van der Waals surface area contributed by atoms with Gasteiger partial charge in [-0.15, -0.1) is 0 Å². The fourth-order valence-corrected chi connectivity index (χ4v) is 4.45. The molecule has 0 saturated carbocycles. The highest BCUT2D eigenvalue weighted by Gasteiger charge is 2.61. The number of ether oxygens (including phenoxy) is 3. The second kappa shape index (κ2) is 8.30. The van der Waals surface area contributed by atoms with Gasteiger partial charge in [0.05, 0.1) is 21.3 Å². The van der Waals surface area contributed by atoms with E-state index in [1.807, 2.05) is 0 Å². The number of carbonyl (C=O) groups excluding carboxylic acids is 3. The summed E-state index contributed by atoms with van der Waals surface area (Å²) in [6, 6.07) is 20.0. The van der Waals surface area contributed by atoms with Crippen LogP contribution in [0.15, 0.2) is 72.8 Å². The molecule has 1 aliphatic rings. The highest BCUT2D eigenvalue weighted by Crippen LogP contribution is 2.50. The molecule has 0 aromatic heterocycles. The first-order valence-corrected chi connectivity index (χ1v) is 10.0. The van der Waals surface area contributed by atoms with Gasteiger partial charge in [0.2, 0.25) is 0 Å². The smallest absolute Gasteiger partial charge is 0.315 e. The third-order valence-corrected chi connectivity index (χ3v) is 5.98. The Labute approximate surface area is 185 Å². The standard InChI is InChI=1S/C26H22O6/c1-30-18-13-11-17(12-14-18)26(23(27)20-9-4-5-10-21(20)24(26)28)22(25(29)32-3)16-7-6-8-19(15-16)31-2/h4-15,22H,1-3H3. The minimum absolute atomic E-state index is 0.283. The second-order valence-electron chi connectivity index (χ2n) is 7.47. The van der Waals surface area contributed by atoms with Crippen molar-refractivity contribution in [3.8, 4) is 11.5 Å². The maximum absolute atomic E-state index is 14.0.